The summed E-state index contributed by atoms with van der Waals surface area (Å²) in [6, 6.07) is 10.3. The van der Waals surface area contributed by atoms with Crippen LogP contribution >= 0.6 is 23.2 Å². The first-order valence-corrected chi connectivity index (χ1v) is 8.17. The van der Waals surface area contributed by atoms with Gasteiger partial charge < -0.3 is 9.47 Å². The van der Waals surface area contributed by atoms with Crippen LogP contribution in [0.1, 0.15) is 28.4 Å². The smallest absolute Gasteiger partial charge is 0.272 e. The number of ether oxygens (including phenoxy) is 2. The van der Waals surface area contributed by atoms with Crippen molar-refractivity contribution >= 4 is 34.8 Å². The van der Waals surface area contributed by atoms with Gasteiger partial charge in [-0.15, -0.1) is 0 Å². The molecule has 0 aliphatic rings. The van der Waals surface area contributed by atoms with Crippen LogP contribution in [0.25, 0.3) is 0 Å². The van der Waals surface area contributed by atoms with Crippen LogP contribution in [-0.4, -0.2) is 25.8 Å². The van der Waals surface area contributed by atoms with Gasteiger partial charge in [-0.2, -0.15) is 5.10 Å². The summed E-state index contributed by atoms with van der Waals surface area (Å²) in [6.45, 7) is 2.20. The normalized spacial score (nSPS) is 11.3. The van der Waals surface area contributed by atoms with E-state index in [-0.39, 0.29) is 5.56 Å². The standard InChI is InChI=1S/C18H18Cl2N2O3/c1-11(12-4-7-17(25-3)13(8-12)10-24-2)21-22-18(23)15-9-14(19)5-6-16(15)20/h4-9H,10H2,1-3H3,(H,22,23)/b21-11-. The maximum absolute atomic E-state index is 12.2. The van der Waals surface area contributed by atoms with Gasteiger partial charge in [-0.25, -0.2) is 5.43 Å². The number of benzene rings is 2. The highest BCUT2D eigenvalue weighted by Gasteiger charge is 2.11. The lowest BCUT2D eigenvalue weighted by Gasteiger charge is -2.10. The van der Waals surface area contributed by atoms with E-state index in [4.69, 9.17) is 32.7 Å². The topological polar surface area (TPSA) is 59.9 Å². The average Bonchev–Trinajstić information content (AvgIpc) is 2.61. The molecule has 2 aromatic rings. The summed E-state index contributed by atoms with van der Waals surface area (Å²) < 4.78 is 10.5. The third-order valence-corrected chi connectivity index (χ3v) is 4.06. The zero-order valence-electron chi connectivity index (χ0n) is 14.1. The van der Waals surface area contributed by atoms with E-state index in [0.29, 0.717) is 22.4 Å². The number of nitrogens with one attached hydrogen (secondary N) is 1. The molecule has 1 amide bonds. The lowest BCUT2D eigenvalue weighted by Crippen LogP contribution is -2.19. The predicted octanol–water partition coefficient (Wildman–Crippen LogP) is 4.30. The maximum Gasteiger partial charge on any atom is 0.272 e. The zero-order chi connectivity index (χ0) is 18.4. The Bertz CT molecular complexity index is 807. The molecule has 2 rings (SSSR count). The minimum Gasteiger partial charge on any atom is -0.496 e. The molecular weight excluding hydrogens is 363 g/mol. The number of methoxy groups -OCH3 is 2. The van der Waals surface area contributed by atoms with Crippen LogP contribution in [0.4, 0.5) is 0 Å². The molecule has 1 N–H and O–H groups in total. The van der Waals surface area contributed by atoms with Crippen LogP contribution in [0.5, 0.6) is 5.75 Å². The Morgan fingerprint density at radius 3 is 2.60 bits per heavy atom. The lowest BCUT2D eigenvalue weighted by molar-refractivity contribution is 0.0955. The first kappa shape index (κ1) is 19.2. The molecule has 132 valence electrons. The SMILES string of the molecule is COCc1cc(/C(C)=N\NC(=O)c2cc(Cl)ccc2Cl)ccc1OC. The molecule has 5 nitrogen and oxygen atoms in total. The summed E-state index contributed by atoms with van der Waals surface area (Å²) >= 11 is 11.9. The third kappa shape index (κ3) is 4.95. The van der Waals surface area contributed by atoms with Crippen molar-refractivity contribution in [3.8, 4) is 5.75 Å². The number of halogens is 2. The van der Waals surface area contributed by atoms with E-state index in [1.807, 2.05) is 18.2 Å². The first-order valence-electron chi connectivity index (χ1n) is 7.42. The van der Waals surface area contributed by atoms with Crippen LogP contribution in [0.2, 0.25) is 10.0 Å². The molecule has 0 radical (unpaired) electrons. The molecule has 0 aromatic heterocycles. The van der Waals surface area contributed by atoms with E-state index in [2.05, 4.69) is 10.5 Å². The molecule has 0 spiro atoms. The van der Waals surface area contributed by atoms with Gasteiger partial charge in [-0.1, -0.05) is 23.2 Å². The number of hydrogen-bond donors (Lipinski definition) is 1. The fourth-order valence-electron chi connectivity index (χ4n) is 2.20. The first-order chi connectivity index (χ1) is 12.0. The highest BCUT2D eigenvalue weighted by molar-refractivity contribution is 6.35. The van der Waals surface area contributed by atoms with E-state index >= 15 is 0 Å². The van der Waals surface area contributed by atoms with Gasteiger partial charge in [0.15, 0.2) is 0 Å². The van der Waals surface area contributed by atoms with Gasteiger partial charge in [-0.05, 0) is 48.9 Å². The highest BCUT2D eigenvalue weighted by atomic mass is 35.5. The van der Waals surface area contributed by atoms with Crippen molar-refractivity contribution in [2.75, 3.05) is 14.2 Å². The van der Waals surface area contributed by atoms with Crippen LogP contribution in [0.3, 0.4) is 0 Å². The summed E-state index contributed by atoms with van der Waals surface area (Å²) in [4.78, 5) is 12.2. The Balaban J connectivity index is 2.19. The fraction of sp³-hybridized carbons (Fsp3) is 0.222. The maximum atomic E-state index is 12.2. The van der Waals surface area contributed by atoms with Gasteiger partial charge in [0, 0.05) is 17.7 Å². The van der Waals surface area contributed by atoms with E-state index < -0.39 is 5.91 Å². The highest BCUT2D eigenvalue weighted by Crippen LogP contribution is 2.22. The third-order valence-electron chi connectivity index (χ3n) is 3.50. The number of nitrogens with zero attached hydrogens (tertiary/aromatic N) is 1. The quantitative estimate of drug-likeness (QED) is 0.600. The fourth-order valence-corrected chi connectivity index (χ4v) is 2.58. The average molecular weight is 381 g/mol. The largest absolute Gasteiger partial charge is 0.496 e. The van der Waals surface area contributed by atoms with Gasteiger partial charge in [0.25, 0.3) is 5.91 Å². The van der Waals surface area contributed by atoms with Crippen LogP contribution < -0.4 is 10.2 Å². The number of amides is 1. The van der Waals surface area contributed by atoms with Gasteiger partial charge in [0.05, 0.1) is 30.0 Å². The summed E-state index contributed by atoms with van der Waals surface area (Å²) in [7, 11) is 3.21. The van der Waals surface area contributed by atoms with Crippen molar-refractivity contribution in [3.63, 3.8) is 0 Å². The van der Waals surface area contributed by atoms with Crippen molar-refractivity contribution in [2.45, 2.75) is 13.5 Å². The lowest BCUT2D eigenvalue weighted by atomic mass is 10.1. The van der Waals surface area contributed by atoms with Crippen molar-refractivity contribution in [2.24, 2.45) is 5.10 Å². The van der Waals surface area contributed by atoms with Crippen molar-refractivity contribution < 1.29 is 14.3 Å². The van der Waals surface area contributed by atoms with E-state index in [1.165, 1.54) is 6.07 Å². The molecular formula is C18H18Cl2N2O3. The van der Waals surface area contributed by atoms with Gasteiger partial charge in [0.1, 0.15) is 5.75 Å². The Hall–Kier alpha value is -2.08. The van der Waals surface area contributed by atoms with E-state index in [1.54, 1.807) is 33.3 Å². The molecule has 25 heavy (non-hydrogen) atoms. The Labute approximate surface area is 156 Å². The van der Waals surface area contributed by atoms with Gasteiger partial charge in [0.2, 0.25) is 0 Å². The van der Waals surface area contributed by atoms with Gasteiger partial charge in [-0.3, -0.25) is 4.79 Å². The molecule has 0 bridgehead atoms. The predicted molar refractivity (Wildman–Crippen MR) is 99.8 cm³/mol. The molecule has 0 aliphatic heterocycles. The molecule has 7 heteroatoms. The van der Waals surface area contributed by atoms with Crippen molar-refractivity contribution in [1.82, 2.24) is 5.43 Å². The number of hydrazone groups is 1. The van der Waals surface area contributed by atoms with Crippen LogP contribution in [0.15, 0.2) is 41.5 Å². The molecule has 2 aromatic carbocycles. The number of carbonyl (C=O) groups excluding carboxylic acids is 1. The van der Waals surface area contributed by atoms with Crippen LogP contribution in [0, 0.1) is 0 Å². The minimum absolute atomic E-state index is 0.264. The molecule has 0 fully saturated rings. The Kier molecular flexibility index (Phi) is 6.82. The van der Waals surface area contributed by atoms with E-state index in [9.17, 15) is 4.79 Å². The molecule has 0 atom stereocenters. The second-order valence-corrected chi connectivity index (χ2v) is 6.07. The monoisotopic (exact) mass is 380 g/mol. The molecule has 0 saturated carbocycles. The van der Waals surface area contributed by atoms with Crippen molar-refractivity contribution in [3.05, 3.63) is 63.1 Å². The van der Waals surface area contributed by atoms with Gasteiger partial charge >= 0.3 is 0 Å². The Morgan fingerprint density at radius 2 is 1.92 bits per heavy atom. The summed E-state index contributed by atoms with van der Waals surface area (Å²) in [5.41, 5.74) is 5.11. The summed E-state index contributed by atoms with van der Waals surface area (Å²) in [5, 5.41) is 4.86. The van der Waals surface area contributed by atoms with Crippen LogP contribution in [-0.2, 0) is 11.3 Å². The Morgan fingerprint density at radius 1 is 1.16 bits per heavy atom. The van der Waals surface area contributed by atoms with E-state index in [0.717, 1.165) is 16.9 Å². The molecule has 0 unspecified atom stereocenters. The minimum atomic E-state index is -0.433. The summed E-state index contributed by atoms with van der Waals surface area (Å²) in [6.07, 6.45) is 0. The second kappa shape index (κ2) is 8.85. The summed E-state index contributed by atoms with van der Waals surface area (Å²) in [5.74, 6) is 0.297. The zero-order valence-corrected chi connectivity index (χ0v) is 15.6. The van der Waals surface area contributed by atoms with Crippen molar-refractivity contribution in [1.29, 1.82) is 0 Å². The number of carbonyl (C=O) groups is 1. The molecule has 0 saturated heterocycles. The second-order valence-electron chi connectivity index (χ2n) is 5.22. The molecule has 0 heterocycles. The number of rotatable bonds is 6. The number of hydrogen-bond acceptors (Lipinski definition) is 4. The molecule has 0 aliphatic carbocycles.